The van der Waals surface area contributed by atoms with E-state index in [4.69, 9.17) is 4.74 Å². The zero-order valence-corrected chi connectivity index (χ0v) is 15.6. The third-order valence-electron chi connectivity index (χ3n) is 5.25. The summed E-state index contributed by atoms with van der Waals surface area (Å²) < 4.78 is 32.8. The Balaban J connectivity index is 1.64. The molecule has 0 unspecified atom stereocenters. The molecule has 1 aromatic rings. The van der Waals surface area contributed by atoms with Crippen molar-refractivity contribution in [2.45, 2.75) is 56.4 Å². The van der Waals surface area contributed by atoms with Gasteiger partial charge in [0.15, 0.2) is 0 Å². The average Bonchev–Trinajstić information content (AvgIpc) is 2.63. The predicted octanol–water partition coefficient (Wildman–Crippen LogP) is 2.92. The number of hydrogen-bond acceptors (Lipinski definition) is 4. The lowest BCUT2D eigenvalue weighted by atomic mass is 9.84. The molecule has 0 amide bonds. The zero-order valence-electron chi connectivity index (χ0n) is 14.8. The van der Waals surface area contributed by atoms with E-state index in [-0.39, 0.29) is 24.3 Å². The van der Waals surface area contributed by atoms with Gasteiger partial charge in [0.25, 0.3) is 0 Å². The summed E-state index contributed by atoms with van der Waals surface area (Å²) in [4.78, 5) is 12.8. The number of ether oxygens (including phenoxy) is 1. The predicted molar refractivity (Wildman–Crippen MR) is 95.9 cm³/mol. The van der Waals surface area contributed by atoms with Gasteiger partial charge in [-0.05, 0) is 31.9 Å². The maximum Gasteiger partial charge on any atom is 0.243 e. The Morgan fingerprint density at radius 2 is 1.84 bits per heavy atom. The normalized spacial score (nSPS) is 23.5. The molecule has 6 heteroatoms. The molecule has 3 rings (SSSR count). The Hall–Kier alpha value is -1.24. The van der Waals surface area contributed by atoms with Crippen LogP contribution in [0.25, 0.3) is 0 Å². The molecule has 5 nitrogen and oxygen atoms in total. The van der Waals surface area contributed by atoms with Gasteiger partial charge >= 0.3 is 0 Å². The maximum absolute atomic E-state index is 12.8. The van der Waals surface area contributed by atoms with E-state index >= 15 is 0 Å². The Kier molecular flexibility index (Phi) is 5.92. The first-order chi connectivity index (χ1) is 12.0. The number of carbonyl (C=O) groups excluding carboxylic acids is 1. The van der Waals surface area contributed by atoms with Crippen molar-refractivity contribution < 1.29 is 17.9 Å². The molecule has 0 aromatic heterocycles. The van der Waals surface area contributed by atoms with E-state index in [0.29, 0.717) is 24.5 Å². The van der Waals surface area contributed by atoms with E-state index in [1.807, 2.05) is 6.92 Å². The number of rotatable bonds is 5. The topological polar surface area (TPSA) is 63.7 Å². The number of morpholine rings is 1. The number of carbonyl (C=O) groups is 1. The van der Waals surface area contributed by atoms with Crippen molar-refractivity contribution in [2.24, 2.45) is 5.92 Å². The van der Waals surface area contributed by atoms with Gasteiger partial charge in [-0.3, -0.25) is 4.79 Å². The summed E-state index contributed by atoms with van der Waals surface area (Å²) in [5, 5.41) is 0. The molecule has 1 heterocycles. The summed E-state index contributed by atoms with van der Waals surface area (Å²) in [7, 11) is -3.53. The number of ketones is 1. The second-order valence-corrected chi connectivity index (χ2v) is 9.11. The fraction of sp³-hybridized carbons (Fsp3) is 0.632. The van der Waals surface area contributed by atoms with Crippen molar-refractivity contribution in [1.82, 2.24) is 4.31 Å². The van der Waals surface area contributed by atoms with Gasteiger partial charge in [-0.15, -0.1) is 0 Å². The number of sulfonamides is 1. The second kappa shape index (κ2) is 7.98. The molecular formula is C19H27NO4S. The highest BCUT2D eigenvalue weighted by Crippen LogP contribution is 2.27. The summed E-state index contributed by atoms with van der Waals surface area (Å²) >= 11 is 0. The lowest BCUT2D eigenvalue weighted by Crippen LogP contribution is -2.46. The summed E-state index contributed by atoms with van der Waals surface area (Å²) in [6, 6.07) is 6.89. The van der Waals surface area contributed by atoms with Crippen LogP contribution >= 0.6 is 0 Å². The second-order valence-electron chi connectivity index (χ2n) is 7.17. The van der Waals surface area contributed by atoms with Gasteiger partial charge in [-0.1, -0.05) is 37.0 Å². The van der Waals surface area contributed by atoms with Crippen LogP contribution in [0.2, 0.25) is 0 Å². The van der Waals surface area contributed by atoms with Gasteiger partial charge in [0.1, 0.15) is 5.78 Å². The Morgan fingerprint density at radius 1 is 1.16 bits per heavy atom. The van der Waals surface area contributed by atoms with Gasteiger partial charge in [-0.25, -0.2) is 8.42 Å². The number of hydrogen-bond donors (Lipinski definition) is 0. The zero-order chi connectivity index (χ0) is 17.9. The first-order valence-corrected chi connectivity index (χ1v) is 10.6. The van der Waals surface area contributed by atoms with E-state index in [2.05, 4.69) is 0 Å². The molecule has 1 saturated carbocycles. The monoisotopic (exact) mass is 365 g/mol. The van der Waals surface area contributed by atoms with E-state index < -0.39 is 10.0 Å². The van der Waals surface area contributed by atoms with Crippen molar-refractivity contribution in [1.29, 1.82) is 0 Å². The first kappa shape index (κ1) is 18.5. The van der Waals surface area contributed by atoms with Crippen LogP contribution in [0.15, 0.2) is 29.2 Å². The Bertz CT molecular complexity index is 693. The van der Waals surface area contributed by atoms with Crippen LogP contribution in [0.1, 0.15) is 44.1 Å². The third kappa shape index (κ3) is 4.49. The molecule has 1 saturated heterocycles. The van der Waals surface area contributed by atoms with Crippen LogP contribution < -0.4 is 0 Å². The van der Waals surface area contributed by atoms with Gasteiger partial charge in [0, 0.05) is 25.4 Å². The number of benzene rings is 1. The minimum absolute atomic E-state index is 0.140. The highest BCUT2D eigenvalue weighted by atomic mass is 32.2. The fourth-order valence-corrected chi connectivity index (χ4v) is 5.16. The van der Waals surface area contributed by atoms with E-state index in [0.717, 1.165) is 31.2 Å². The minimum Gasteiger partial charge on any atom is -0.375 e. The van der Waals surface area contributed by atoms with Crippen molar-refractivity contribution in [3.05, 3.63) is 29.8 Å². The van der Waals surface area contributed by atoms with Gasteiger partial charge in [-0.2, -0.15) is 4.31 Å². The van der Waals surface area contributed by atoms with Gasteiger partial charge in [0.2, 0.25) is 10.0 Å². The van der Waals surface area contributed by atoms with Crippen LogP contribution in [-0.2, 0) is 19.6 Å². The van der Waals surface area contributed by atoms with Gasteiger partial charge in [0.05, 0.1) is 17.6 Å². The Labute approximate surface area is 150 Å². The van der Waals surface area contributed by atoms with E-state index in [1.54, 1.807) is 24.3 Å². The summed E-state index contributed by atoms with van der Waals surface area (Å²) in [6.07, 6.45) is 5.39. The minimum atomic E-state index is -3.53. The van der Waals surface area contributed by atoms with Crippen LogP contribution in [0, 0.1) is 12.8 Å². The number of nitrogens with zero attached hydrogens (tertiary/aromatic N) is 1. The summed E-state index contributed by atoms with van der Waals surface area (Å²) in [5.74, 6) is 0.376. The molecule has 1 atom stereocenters. The number of Topliss-reactive ketones (excluding diaryl/α,β-unsaturated/α-hetero) is 1. The van der Waals surface area contributed by atoms with Crippen molar-refractivity contribution >= 4 is 15.8 Å². The third-order valence-corrected chi connectivity index (χ3v) is 7.13. The molecule has 2 aliphatic rings. The SMILES string of the molecule is Cc1ccc(S(=O)(=O)N2CCO[C@@H](CC(=O)C3CCCCC3)C2)cc1. The van der Waals surface area contributed by atoms with Crippen molar-refractivity contribution in [3.63, 3.8) is 0 Å². The molecule has 2 fully saturated rings. The highest BCUT2D eigenvalue weighted by molar-refractivity contribution is 7.89. The van der Waals surface area contributed by atoms with Crippen molar-refractivity contribution in [2.75, 3.05) is 19.7 Å². The molecule has 0 radical (unpaired) electrons. The molecular weight excluding hydrogens is 338 g/mol. The molecule has 1 aromatic carbocycles. The van der Waals surface area contributed by atoms with Gasteiger partial charge < -0.3 is 4.74 Å². The van der Waals surface area contributed by atoms with E-state index in [9.17, 15) is 13.2 Å². The molecule has 0 bridgehead atoms. The molecule has 25 heavy (non-hydrogen) atoms. The standard InChI is InChI=1S/C19H27NO4S/c1-15-7-9-18(10-8-15)25(22,23)20-11-12-24-17(14-20)13-19(21)16-5-3-2-4-6-16/h7-10,16-17H,2-6,11-14H2,1H3/t17-/m0/s1. The Morgan fingerprint density at radius 3 is 2.52 bits per heavy atom. The largest absolute Gasteiger partial charge is 0.375 e. The quantitative estimate of drug-likeness (QED) is 0.805. The molecule has 1 aliphatic heterocycles. The fourth-order valence-electron chi connectivity index (χ4n) is 3.71. The smallest absolute Gasteiger partial charge is 0.243 e. The van der Waals surface area contributed by atoms with Crippen molar-refractivity contribution in [3.8, 4) is 0 Å². The average molecular weight is 365 g/mol. The highest BCUT2D eigenvalue weighted by Gasteiger charge is 2.33. The van der Waals surface area contributed by atoms with Crippen LogP contribution in [-0.4, -0.2) is 44.3 Å². The lowest BCUT2D eigenvalue weighted by molar-refractivity contribution is -0.127. The lowest BCUT2D eigenvalue weighted by Gasteiger charge is -2.32. The molecule has 1 aliphatic carbocycles. The van der Waals surface area contributed by atoms with Crippen LogP contribution in [0.5, 0.6) is 0 Å². The first-order valence-electron chi connectivity index (χ1n) is 9.18. The number of aryl methyl sites for hydroxylation is 1. The van der Waals surface area contributed by atoms with E-state index in [1.165, 1.54) is 10.7 Å². The molecule has 0 N–H and O–H groups in total. The van der Waals surface area contributed by atoms with Crippen LogP contribution in [0.3, 0.4) is 0 Å². The summed E-state index contributed by atoms with van der Waals surface area (Å²) in [5.41, 5.74) is 1.02. The summed E-state index contributed by atoms with van der Waals surface area (Å²) in [6.45, 7) is 2.87. The maximum atomic E-state index is 12.8. The molecule has 0 spiro atoms. The molecule has 138 valence electrons. The van der Waals surface area contributed by atoms with Crippen LogP contribution in [0.4, 0.5) is 0 Å².